The van der Waals surface area contributed by atoms with Gasteiger partial charge in [-0.05, 0) is 36.5 Å². The summed E-state index contributed by atoms with van der Waals surface area (Å²) >= 11 is 0. The highest BCUT2D eigenvalue weighted by atomic mass is 14.6. The van der Waals surface area contributed by atoms with Gasteiger partial charge in [0, 0.05) is 0 Å². The molecule has 0 N–H and O–H groups in total. The first-order chi connectivity index (χ1) is 5.72. The van der Waals surface area contributed by atoms with E-state index in [1.807, 2.05) is 0 Å². The van der Waals surface area contributed by atoms with Gasteiger partial charge in [0.2, 0.25) is 0 Å². The molecule has 0 bridgehead atoms. The van der Waals surface area contributed by atoms with Crippen molar-refractivity contribution in [2.45, 2.75) is 59.8 Å². The molecule has 0 nitrogen and oxygen atoms in total. The van der Waals surface area contributed by atoms with Crippen molar-refractivity contribution >= 4 is 0 Å². The second-order valence-electron chi connectivity index (χ2n) is 4.52. The zero-order valence-corrected chi connectivity index (χ0v) is 9.19. The lowest BCUT2D eigenvalue weighted by Gasteiger charge is -2.13. The van der Waals surface area contributed by atoms with Gasteiger partial charge in [0.15, 0.2) is 0 Å². The van der Waals surface area contributed by atoms with Crippen LogP contribution in [-0.4, -0.2) is 0 Å². The first-order valence-electron chi connectivity index (χ1n) is 5.72. The third-order valence-electron chi connectivity index (χ3n) is 4.11. The molecule has 0 amide bonds. The molecule has 1 rings (SSSR count). The van der Waals surface area contributed by atoms with E-state index in [9.17, 15) is 0 Å². The molecule has 0 spiro atoms. The smallest absolute Gasteiger partial charge is 0.0241 e. The Bertz CT molecular complexity index is 139. The summed E-state index contributed by atoms with van der Waals surface area (Å²) in [6, 6.07) is 0. The van der Waals surface area contributed by atoms with E-state index in [2.05, 4.69) is 27.7 Å². The topological polar surface area (TPSA) is 0 Å². The van der Waals surface area contributed by atoms with E-state index in [0.29, 0.717) is 0 Å². The van der Waals surface area contributed by atoms with Crippen LogP contribution in [0.15, 0.2) is 0 Å². The summed E-state index contributed by atoms with van der Waals surface area (Å²) in [5.74, 6) is 2.08. The van der Waals surface area contributed by atoms with Gasteiger partial charge in [0.25, 0.3) is 0 Å². The lowest BCUT2D eigenvalue weighted by Crippen LogP contribution is -2.03. The highest BCUT2D eigenvalue weighted by Gasteiger charge is 2.58. The molecule has 0 aromatic carbocycles. The fraction of sp³-hybridized carbons (Fsp3) is 1.00. The summed E-state index contributed by atoms with van der Waals surface area (Å²) in [7, 11) is 0. The molecule has 1 fully saturated rings. The Hall–Kier alpha value is 0. The van der Waals surface area contributed by atoms with Crippen molar-refractivity contribution in [2.75, 3.05) is 0 Å². The van der Waals surface area contributed by atoms with Gasteiger partial charge in [-0.1, -0.05) is 40.5 Å². The third kappa shape index (κ3) is 1.41. The molecule has 0 heterocycles. The van der Waals surface area contributed by atoms with Gasteiger partial charge in [-0.2, -0.15) is 0 Å². The van der Waals surface area contributed by atoms with Crippen LogP contribution < -0.4 is 0 Å². The highest BCUT2D eigenvalue weighted by Crippen LogP contribution is 2.65. The second kappa shape index (κ2) is 3.81. The SMILES string of the molecule is CCCC1C(C)C1(CC)CCC. The van der Waals surface area contributed by atoms with Crippen molar-refractivity contribution in [2.24, 2.45) is 17.3 Å². The average molecular weight is 168 g/mol. The molecular formula is C12H24. The number of hydrogen-bond acceptors (Lipinski definition) is 0. The number of rotatable bonds is 5. The van der Waals surface area contributed by atoms with Crippen molar-refractivity contribution in [3.63, 3.8) is 0 Å². The normalized spacial score (nSPS) is 40.0. The molecule has 72 valence electrons. The van der Waals surface area contributed by atoms with Crippen LogP contribution in [0.2, 0.25) is 0 Å². The molecule has 0 radical (unpaired) electrons. The second-order valence-corrected chi connectivity index (χ2v) is 4.52. The third-order valence-corrected chi connectivity index (χ3v) is 4.11. The van der Waals surface area contributed by atoms with Crippen LogP contribution in [0.25, 0.3) is 0 Å². The van der Waals surface area contributed by atoms with E-state index in [1.165, 1.54) is 32.1 Å². The van der Waals surface area contributed by atoms with Crippen LogP contribution in [0.4, 0.5) is 0 Å². The van der Waals surface area contributed by atoms with E-state index >= 15 is 0 Å². The minimum Gasteiger partial charge on any atom is -0.0654 e. The summed E-state index contributed by atoms with van der Waals surface area (Å²) in [6.45, 7) is 9.48. The van der Waals surface area contributed by atoms with Crippen molar-refractivity contribution < 1.29 is 0 Å². The molecular weight excluding hydrogens is 144 g/mol. The van der Waals surface area contributed by atoms with Gasteiger partial charge >= 0.3 is 0 Å². The van der Waals surface area contributed by atoms with Gasteiger partial charge < -0.3 is 0 Å². The maximum Gasteiger partial charge on any atom is -0.0241 e. The molecule has 0 saturated heterocycles. The van der Waals surface area contributed by atoms with Gasteiger partial charge in [-0.15, -0.1) is 0 Å². The fourth-order valence-corrected chi connectivity index (χ4v) is 3.29. The van der Waals surface area contributed by atoms with Gasteiger partial charge in [-0.25, -0.2) is 0 Å². The molecule has 1 aliphatic rings. The standard InChI is InChI=1S/C12H24/c1-5-8-11-10(4)12(11,7-3)9-6-2/h10-11H,5-9H2,1-4H3. The molecule has 1 saturated carbocycles. The lowest BCUT2D eigenvalue weighted by atomic mass is 9.92. The van der Waals surface area contributed by atoms with Gasteiger partial charge in [0.1, 0.15) is 0 Å². The Kier molecular flexibility index (Phi) is 3.20. The van der Waals surface area contributed by atoms with E-state index in [1.54, 1.807) is 0 Å². The largest absolute Gasteiger partial charge is 0.0654 e. The number of hydrogen-bond donors (Lipinski definition) is 0. The van der Waals surface area contributed by atoms with Crippen LogP contribution in [0.3, 0.4) is 0 Å². The predicted octanol–water partition coefficient (Wildman–Crippen LogP) is 4.25. The zero-order chi connectivity index (χ0) is 9.19. The first kappa shape index (κ1) is 10.1. The minimum atomic E-state index is 0.769. The highest BCUT2D eigenvalue weighted by molar-refractivity contribution is 5.06. The Balaban J connectivity index is 2.48. The molecule has 3 unspecified atom stereocenters. The fourth-order valence-electron chi connectivity index (χ4n) is 3.29. The summed E-state index contributed by atoms with van der Waals surface area (Å²) in [5, 5.41) is 0. The van der Waals surface area contributed by atoms with Crippen molar-refractivity contribution in [1.29, 1.82) is 0 Å². The van der Waals surface area contributed by atoms with E-state index in [-0.39, 0.29) is 0 Å². The maximum atomic E-state index is 2.46. The maximum absolute atomic E-state index is 2.46. The van der Waals surface area contributed by atoms with Crippen LogP contribution in [0.5, 0.6) is 0 Å². The Morgan fingerprint density at radius 2 is 1.75 bits per heavy atom. The molecule has 0 aliphatic heterocycles. The summed E-state index contributed by atoms with van der Waals surface area (Å²) < 4.78 is 0. The Morgan fingerprint density at radius 3 is 2.17 bits per heavy atom. The van der Waals surface area contributed by atoms with Crippen molar-refractivity contribution in [3.8, 4) is 0 Å². The molecule has 12 heavy (non-hydrogen) atoms. The average Bonchev–Trinajstić information content (AvgIpc) is 2.61. The monoisotopic (exact) mass is 168 g/mol. The molecule has 0 aromatic heterocycles. The van der Waals surface area contributed by atoms with Gasteiger partial charge in [0.05, 0.1) is 0 Å². The Morgan fingerprint density at radius 1 is 1.08 bits per heavy atom. The lowest BCUT2D eigenvalue weighted by molar-refractivity contribution is 0.373. The first-order valence-corrected chi connectivity index (χ1v) is 5.72. The summed E-state index contributed by atoms with van der Waals surface area (Å²) in [6.07, 6.45) is 7.09. The van der Waals surface area contributed by atoms with Gasteiger partial charge in [-0.3, -0.25) is 0 Å². The predicted molar refractivity (Wildman–Crippen MR) is 55.2 cm³/mol. The van der Waals surface area contributed by atoms with E-state index in [0.717, 1.165) is 17.3 Å². The molecule has 3 atom stereocenters. The molecule has 0 aromatic rings. The van der Waals surface area contributed by atoms with Crippen LogP contribution in [0.1, 0.15) is 59.8 Å². The van der Waals surface area contributed by atoms with Crippen LogP contribution in [-0.2, 0) is 0 Å². The van der Waals surface area contributed by atoms with E-state index in [4.69, 9.17) is 0 Å². The zero-order valence-electron chi connectivity index (χ0n) is 9.19. The minimum absolute atomic E-state index is 0.769. The summed E-state index contributed by atoms with van der Waals surface area (Å²) in [5.41, 5.74) is 0.769. The van der Waals surface area contributed by atoms with Crippen LogP contribution in [0, 0.1) is 17.3 Å². The Labute approximate surface area is 77.7 Å². The quantitative estimate of drug-likeness (QED) is 0.575. The van der Waals surface area contributed by atoms with Crippen molar-refractivity contribution in [3.05, 3.63) is 0 Å². The van der Waals surface area contributed by atoms with E-state index < -0.39 is 0 Å². The van der Waals surface area contributed by atoms with Crippen LogP contribution >= 0.6 is 0 Å². The molecule has 1 aliphatic carbocycles. The van der Waals surface area contributed by atoms with Crippen molar-refractivity contribution in [1.82, 2.24) is 0 Å². The molecule has 0 heteroatoms. The summed E-state index contributed by atoms with van der Waals surface area (Å²) in [4.78, 5) is 0.